The summed E-state index contributed by atoms with van der Waals surface area (Å²) in [5, 5.41) is 19.7. The average molecular weight is 588 g/mol. The molecule has 218 valence electrons. The maximum Gasteiger partial charge on any atom is 0.236 e. The predicted molar refractivity (Wildman–Crippen MR) is 160 cm³/mol. The molecule has 0 bridgehead atoms. The molecule has 4 aromatic rings. The quantitative estimate of drug-likeness (QED) is 0.326. The number of pyridine rings is 1. The number of aliphatic hydroxyl groups excluding tert-OH is 1. The number of piperidine rings is 1. The smallest absolute Gasteiger partial charge is 0.236 e. The molecule has 6 rings (SSSR count). The van der Waals surface area contributed by atoms with Crippen LogP contribution in [0.15, 0.2) is 42.6 Å². The van der Waals surface area contributed by atoms with Gasteiger partial charge in [-0.2, -0.15) is 5.26 Å². The van der Waals surface area contributed by atoms with Gasteiger partial charge in [-0.15, -0.1) is 0 Å². The Balaban J connectivity index is 1.21. The number of carbonyl (C=O) groups is 1. The van der Waals surface area contributed by atoms with Crippen LogP contribution in [0.2, 0.25) is 0 Å². The molecule has 0 radical (unpaired) electrons. The summed E-state index contributed by atoms with van der Waals surface area (Å²) in [4.78, 5) is 28.8. The minimum Gasteiger partial charge on any atom is -0.396 e. The van der Waals surface area contributed by atoms with Gasteiger partial charge in [0.15, 0.2) is 5.13 Å². The third kappa shape index (κ3) is 5.38. The van der Waals surface area contributed by atoms with Crippen molar-refractivity contribution in [1.29, 1.82) is 5.26 Å². The molecule has 0 spiro atoms. The highest BCUT2D eigenvalue weighted by Gasteiger charge is 2.32. The normalized spacial score (nSPS) is 16.5. The zero-order valence-electron chi connectivity index (χ0n) is 23.8. The standard InChI is InChI=1S/C31H34FN7O2S/c1-3-25-30(36(2)31-35-29(26(14-33)42-31)22-4-7-24(32)8-5-22)39-17-23(6-9-27(39)34-25)21-10-12-37(13-11-21)18-28(41)38-15-20(16-38)19-40/h4-9,17,20-21,40H,3,10-13,15-16,18-19H2,1-2H3. The highest BCUT2D eigenvalue weighted by atomic mass is 32.1. The molecule has 2 aliphatic heterocycles. The maximum absolute atomic E-state index is 13.5. The molecule has 42 heavy (non-hydrogen) atoms. The van der Waals surface area contributed by atoms with Gasteiger partial charge in [0, 0.05) is 44.4 Å². The molecule has 3 aromatic heterocycles. The highest BCUT2D eigenvalue weighted by molar-refractivity contribution is 7.16. The molecule has 0 atom stereocenters. The van der Waals surface area contributed by atoms with Crippen molar-refractivity contribution in [3.63, 3.8) is 0 Å². The minimum absolute atomic E-state index is 0.148. The first kappa shape index (κ1) is 28.3. The van der Waals surface area contributed by atoms with Crippen molar-refractivity contribution in [1.82, 2.24) is 24.2 Å². The predicted octanol–water partition coefficient (Wildman–Crippen LogP) is 4.43. The van der Waals surface area contributed by atoms with Gasteiger partial charge in [0.25, 0.3) is 0 Å². The fourth-order valence-electron chi connectivity index (χ4n) is 5.96. The molecule has 1 amide bonds. The number of carbonyl (C=O) groups excluding carboxylic acids is 1. The van der Waals surface area contributed by atoms with Crippen LogP contribution in [0.25, 0.3) is 16.9 Å². The summed E-state index contributed by atoms with van der Waals surface area (Å²) in [6, 6.07) is 12.5. The van der Waals surface area contributed by atoms with Crippen LogP contribution in [0.4, 0.5) is 15.3 Å². The number of imidazole rings is 1. The molecule has 0 unspecified atom stereocenters. The Labute approximate surface area is 248 Å². The van der Waals surface area contributed by atoms with Gasteiger partial charge in [-0.3, -0.25) is 14.1 Å². The summed E-state index contributed by atoms with van der Waals surface area (Å²) in [5.74, 6) is 1.35. The number of anilines is 2. The summed E-state index contributed by atoms with van der Waals surface area (Å²) >= 11 is 1.31. The average Bonchev–Trinajstić information content (AvgIpc) is 3.58. The Kier molecular flexibility index (Phi) is 7.94. The molecule has 11 heteroatoms. The second-order valence-corrected chi connectivity index (χ2v) is 12.2. The number of aromatic nitrogens is 3. The number of rotatable bonds is 8. The third-order valence-corrected chi connectivity index (χ3v) is 9.48. The molecule has 5 heterocycles. The lowest BCUT2D eigenvalue weighted by molar-refractivity contribution is -0.139. The molecule has 1 aromatic carbocycles. The van der Waals surface area contributed by atoms with Crippen molar-refractivity contribution < 1.29 is 14.3 Å². The summed E-state index contributed by atoms with van der Waals surface area (Å²) in [6.07, 6.45) is 4.85. The molecule has 2 fully saturated rings. The second kappa shape index (κ2) is 11.8. The number of halogens is 1. The zero-order chi connectivity index (χ0) is 29.4. The first-order valence-corrected chi connectivity index (χ1v) is 15.2. The number of aryl methyl sites for hydroxylation is 1. The highest BCUT2D eigenvalue weighted by Crippen LogP contribution is 2.37. The van der Waals surface area contributed by atoms with Crippen LogP contribution in [0.1, 0.15) is 41.8 Å². The van der Waals surface area contributed by atoms with Gasteiger partial charge in [-0.1, -0.05) is 24.3 Å². The van der Waals surface area contributed by atoms with Gasteiger partial charge in [-0.25, -0.2) is 14.4 Å². The maximum atomic E-state index is 13.5. The van der Waals surface area contributed by atoms with E-state index in [0.717, 1.165) is 49.5 Å². The van der Waals surface area contributed by atoms with Gasteiger partial charge in [0.05, 0.1) is 12.2 Å². The van der Waals surface area contributed by atoms with E-state index in [2.05, 4.69) is 40.6 Å². The van der Waals surface area contributed by atoms with Crippen LogP contribution in [-0.2, 0) is 11.2 Å². The number of aliphatic hydroxyl groups is 1. The van der Waals surface area contributed by atoms with E-state index in [0.29, 0.717) is 46.8 Å². The summed E-state index contributed by atoms with van der Waals surface area (Å²) < 4.78 is 15.6. The number of fused-ring (bicyclic) bond motifs is 1. The van der Waals surface area contributed by atoms with Gasteiger partial charge < -0.3 is 14.9 Å². The lowest BCUT2D eigenvalue weighted by atomic mass is 9.90. The van der Waals surface area contributed by atoms with Crippen LogP contribution in [0.3, 0.4) is 0 Å². The number of nitrogens with zero attached hydrogens (tertiary/aromatic N) is 7. The Morgan fingerprint density at radius 1 is 1.17 bits per heavy atom. The Hall–Kier alpha value is -3.85. The first-order chi connectivity index (χ1) is 20.4. The molecular formula is C31H34FN7O2S. The molecule has 0 aliphatic carbocycles. The van der Waals surface area contributed by atoms with E-state index in [1.807, 2.05) is 16.8 Å². The van der Waals surface area contributed by atoms with Crippen molar-refractivity contribution in [3.8, 4) is 17.3 Å². The minimum atomic E-state index is -0.332. The van der Waals surface area contributed by atoms with E-state index in [1.54, 1.807) is 12.1 Å². The lowest BCUT2D eigenvalue weighted by Gasteiger charge is -2.40. The molecule has 2 aliphatic rings. The second-order valence-electron chi connectivity index (χ2n) is 11.2. The summed E-state index contributed by atoms with van der Waals surface area (Å²) in [5.41, 5.74) is 4.28. The number of amides is 1. The van der Waals surface area contributed by atoms with Gasteiger partial charge in [-0.05, 0) is 74.2 Å². The Morgan fingerprint density at radius 2 is 1.90 bits per heavy atom. The van der Waals surface area contributed by atoms with Crippen molar-refractivity contribution in [3.05, 3.63) is 64.5 Å². The largest absolute Gasteiger partial charge is 0.396 e. The summed E-state index contributed by atoms with van der Waals surface area (Å²) in [7, 11) is 1.94. The van der Waals surface area contributed by atoms with Gasteiger partial charge in [0.1, 0.15) is 33.9 Å². The Bertz CT molecular complexity index is 1630. The number of hydrogen-bond acceptors (Lipinski definition) is 8. The van der Waals surface area contributed by atoms with Gasteiger partial charge in [0.2, 0.25) is 5.91 Å². The monoisotopic (exact) mass is 587 g/mol. The van der Waals surface area contributed by atoms with Crippen LogP contribution < -0.4 is 4.90 Å². The number of nitriles is 1. The van der Waals surface area contributed by atoms with Crippen molar-refractivity contribution in [2.45, 2.75) is 32.1 Å². The number of benzene rings is 1. The number of likely N-dealkylation sites (tertiary alicyclic amines) is 2. The third-order valence-electron chi connectivity index (χ3n) is 8.45. The topological polar surface area (TPSA) is 101 Å². The fourth-order valence-corrected chi connectivity index (χ4v) is 6.81. The van der Waals surface area contributed by atoms with E-state index >= 15 is 0 Å². The van der Waals surface area contributed by atoms with Gasteiger partial charge >= 0.3 is 0 Å². The Morgan fingerprint density at radius 3 is 2.57 bits per heavy atom. The fraction of sp³-hybridized carbons (Fsp3) is 0.419. The van der Waals surface area contributed by atoms with Crippen molar-refractivity contribution in [2.24, 2.45) is 5.92 Å². The van der Waals surface area contributed by atoms with E-state index in [1.165, 1.54) is 29.0 Å². The van der Waals surface area contributed by atoms with Crippen molar-refractivity contribution in [2.75, 3.05) is 51.3 Å². The van der Waals surface area contributed by atoms with Crippen LogP contribution in [0, 0.1) is 23.1 Å². The van der Waals surface area contributed by atoms with Crippen molar-refractivity contribution >= 4 is 33.8 Å². The van der Waals surface area contributed by atoms with E-state index in [9.17, 15) is 19.6 Å². The lowest BCUT2D eigenvalue weighted by Crippen LogP contribution is -2.54. The molecular weight excluding hydrogens is 553 g/mol. The van der Waals surface area contributed by atoms with Crippen LogP contribution >= 0.6 is 11.3 Å². The summed E-state index contributed by atoms with van der Waals surface area (Å²) in [6.45, 7) is 5.73. The molecule has 1 N–H and O–H groups in total. The number of thiazole rings is 1. The molecule has 0 saturated carbocycles. The zero-order valence-corrected chi connectivity index (χ0v) is 24.6. The first-order valence-electron chi connectivity index (χ1n) is 14.4. The van der Waals surface area contributed by atoms with E-state index in [4.69, 9.17) is 9.97 Å². The van der Waals surface area contributed by atoms with Crippen LogP contribution in [-0.4, -0.2) is 81.6 Å². The van der Waals surface area contributed by atoms with E-state index < -0.39 is 0 Å². The van der Waals surface area contributed by atoms with Crippen LogP contribution in [0.5, 0.6) is 0 Å². The SMILES string of the molecule is CCc1nc2ccc(C3CCN(CC(=O)N4CC(CO)C4)CC3)cn2c1N(C)c1nc(-c2ccc(F)cc2)c(C#N)s1. The molecule has 2 saturated heterocycles. The van der Waals surface area contributed by atoms with E-state index in [-0.39, 0.29) is 24.2 Å². The molecule has 9 nitrogen and oxygen atoms in total. The number of hydrogen-bond donors (Lipinski definition) is 1.